The van der Waals surface area contributed by atoms with Gasteiger partial charge < -0.3 is 9.64 Å². The van der Waals surface area contributed by atoms with Crippen LogP contribution in [-0.4, -0.2) is 48.4 Å². The lowest BCUT2D eigenvalue weighted by molar-refractivity contribution is -0.123. The molecule has 7 heteroatoms. The Morgan fingerprint density at radius 1 is 1.32 bits per heavy atom. The SMILES string of the molecule is C=C[C@H](C)N1C(=O)S/C(=C\c2ccc(N3CCOCC3)c(F)c2)C1=O. The van der Waals surface area contributed by atoms with Gasteiger partial charge in [-0.25, -0.2) is 4.39 Å². The quantitative estimate of drug-likeness (QED) is 0.608. The van der Waals surface area contributed by atoms with Crippen LogP contribution in [0.15, 0.2) is 35.8 Å². The van der Waals surface area contributed by atoms with Crippen molar-refractivity contribution < 1.29 is 18.7 Å². The third-order valence-electron chi connectivity index (χ3n) is 4.19. The number of imide groups is 1. The predicted molar refractivity (Wildman–Crippen MR) is 96.9 cm³/mol. The van der Waals surface area contributed by atoms with E-state index < -0.39 is 0 Å². The maximum atomic E-state index is 14.4. The fourth-order valence-electron chi connectivity index (χ4n) is 2.76. The second-order valence-electron chi connectivity index (χ2n) is 5.84. The molecule has 2 aliphatic heterocycles. The zero-order chi connectivity index (χ0) is 18.0. The van der Waals surface area contributed by atoms with E-state index in [4.69, 9.17) is 4.74 Å². The summed E-state index contributed by atoms with van der Waals surface area (Å²) in [4.78, 5) is 27.7. The molecule has 0 aromatic heterocycles. The van der Waals surface area contributed by atoms with Crippen LogP contribution in [0.2, 0.25) is 0 Å². The molecule has 2 aliphatic rings. The van der Waals surface area contributed by atoms with Gasteiger partial charge in [-0.15, -0.1) is 6.58 Å². The first kappa shape index (κ1) is 17.7. The topological polar surface area (TPSA) is 49.9 Å². The van der Waals surface area contributed by atoms with Crippen LogP contribution < -0.4 is 4.90 Å². The number of rotatable bonds is 4. The highest BCUT2D eigenvalue weighted by Gasteiger charge is 2.37. The summed E-state index contributed by atoms with van der Waals surface area (Å²) in [7, 11) is 0. The summed E-state index contributed by atoms with van der Waals surface area (Å²) in [5, 5.41) is -0.339. The predicted octanol–water partition coefficient (Wildman–Crippen LogP) is 3.27. The summed E-state index contributed by atoms with van der Waals surface area (Å²) in [6.07, 6.45) is 3.09. The van der Waals surface area contributed by atoms with Crippen molar-refractivity contribution in [3.63, 3.8) is 0 Å². The van der Waals surface area contributed by atoms with Gasteiger partial charge in [0.15, 0.2) is 0 Å². The molecule has 2 amide bonds. The van der Waals surface area contributed by atoms with Gasteiger partial charge in [-0.05, 0) is 42.5 Å². The van der Waals surface area contributed by atoms with Crippen molar-refractivity contribution in [3.8, 4) is 0 Å². The number of anilines is 1. The van der Waals surface area contributed by atoms with Crippen LogP contribution in [0.3, 0.4) is 0 Å². The van der Waals surface area contributed by atoms with Crippen molar-refractivity contribution >= 4 is 34.7 Å². The molecule has 5 nitrogen and oxygen atoms in total. The molecule has 2 saturated heterocycles. The lowest BCUT2D eigenvalue weighted by Gasteiger charge is -2.29. The van der Waals surface area contributed by atoms with Crippen LogP contribution in [0.5, 0.6) is 0 Å². The molecule has 3 rings (SSSR count). The number of carbonyl (C=O) groups excluding carboxylic acids is 2. The van der Waals surface area contributed by atoms with E-state index in [-0.39, 0.29) is 27.9 Å². The second kappa shape index (κ2) is 7.41. The molecule has 1 atom stereocenters. The Balaban J connectivity index is 1.82. The van der Waals surface area contributed by atoms with E-state index in [1.807, 2.05) is 4.90 Å². The Morgan fingerprint density at radius 3 is 2.68 bits per heavy atom. The van der Waals surface area contributed by atoms with Crippen molar-refractivity contribution in [1.29, 1.82) is 0 Å². The number of hydrogen-bond donors (Lipinski definition) is 0. The second-order valence-corrected chi connectivity index (χ2v) is 6.83. The zero-order valence-electron chi connectivity index (χ0n) is 13.9. The maximum absolute atomic E-state index is 14.4. The summed E-state index contributed by atoms with van der Waals surface area (Å²) in [6.45, 7) is 7.79. The Hall–Kier alpha value is -2.12. The van der Waals surface area contributed by atoms with Gasteiger partial charge in [0, 0.05) is 13.1 Å². The van der Waals surface area contributed by atoms with E-state index >= 15 is 0 Å². The molecule has 0 aliphatic carbocycles. The van der Waals surface area contributed by atoms with Crippen LogP contribution >= 0.6 is 11.8 Å². The lowest BCUT2D eigenvalue weighted by Crippen LogP contribution is -2.36. The minimum Gasteiger partial charge on any atom is -0.378 e. The van der Waals surface area contributed by atoms with Crippen LogP contribution in [0.25, 0.3) is 6.08 Å². The largest absolute Gasteiger partial charge is 0.378 e. The standard InChI is InChI=1S/C18H19FN2O3S/c1-3-12(2)21-17(22)16(25-18(21)23)11-13-4-5-15(14(19)10-13)20-6-8-24-9-7-20/h3-5,10-12H,1,6-9H2,2H3/b16-11-/t12-/m0/s1. The molecule has 0 saturated carbocycles. The van der Waals surface area contributed by atoms with E-state index in [2.05, 4.69) is 6.58 Å². The molecule has 0 radical (unpaired) electrons. The van der Waals surface area contributed by atoms with Gasteiger partial charge in [0.25, 0.3) is 11.1 Å². The lowest BCUT2D eigenvalue weighted by atomic mass is 10.1. The number of morpholine rings is 1. The molecule has 0 spiro atoms. The first-order valence-corrected chi connectivity index (χ1v) is 8.85. The molecule has 25 heavy (non-hydrogen) atoms. The third kappa shape index (κ3) is 3.62. The Kier molecular flexibility index (Phi) is 5.24. The van der Waals surface area contributed by atoms with Gasteiger partial charge in [0.2, 0.25) is 0 Å². The number of nitrogens with zero attached hydrogens (tertiary/aromatic N) is 2. The van der Waals surface area contributed by atoms with Gasteiger partial charge in [-0.2, -0.15) is 0 Å². The summed E-state index contributed by atoms with van der Waals surface area (Å²) in [5.41, 5.74) is 1.07. The summed E-state index contributed by atoms with van der Waals surface area (Å²) in [5.74, 6) is -0.727. The highest BCUT2D eigenvalue weighted by atomic mass is 32.2. The van der Waals surface area contributed by atoms with Crippen molar-refractivity contribution in [2.45, 2.75) is 13.0 Å². The number of thioether (sulfide) groups is 1. The van der Waals surface area contributed by atoms with Gasteiger partial charge in [0.1, 0.15) is 5.82 Å². The highest BCUT2D eigenvalue weighted by molar-refractivity contribution is 8.18. The minimum absolute atomic E-state index is 0.289. The van der Waals surface area contributed by atoms with Crippen molar-refractivity contribution in [1.82, 2.24) is 4.90 Å². The Morgan fingerprint density at radius 2 is 2.04 bits per heavy atom. The molecule has 1 aromatic carbocycles. The van der Waals surface area contributed by atoms with Crippen LogP contribution in [0.1, 0.15) is 12.5 Å². The number of carbonyl (C=O) groups is 2. The van der Waals surface area contributed by atoms with Crippen LogP contribution in [0, 0.1) is 5.82 Å². The van der Waals surface area contributed by atoms with Gasteiger partial charge in [-0.3, -0.25) is 14.5 Å². The number of amides is 2. The summed E-state index contributed by atoms with van der Waals surface area (Å²) < 4.78 is 19.7. The summed E-state index contributed by atoms with van der Waals surface area (Å²) >= 11 is 0.860. The fourth-order valence-corrected chi connectivity index (χ4v) is 3.68. The average molecular weight is 362 g/mol. The normalized spacial score (nSPS) is 21.1. The first-order chi connectivity index (χ1) is 12.0. The van der Waals surface area contributed by atoms with E-state index in [0.29, 0.717) is 37.6 Å². The van der Waals surface area contributed by atoms with Gasteiger partial charge >= 0.3 is 0 Å². The first-order valence-electron chi connectivity index (χ1n) is 8.03. The summed E-state index contributed by atoms with van der Waals surface area (Å²) in [6, 6.07) is 4.45. The highest BCUT2D eigenvalue weighted by Crippen LogP contribution is 2.34. The van der Waals surface area contributed by atoms with E-state index in [1.54, 1.807) is 25.1 Å². The minimum atomic E-state index is -0.376. The van der Waals surface area contributed by atoms with Crippen LogP contribution in [-0.2, 0) is 9.53 Å². The third-order valence-corrected chi connectivity index (χ3v) is 5.08. The molecule has 132 valence electrons. The number of ether oxygens (including phenoxy) is 1. The van der Waals surface area contributed by atoms with Gasteiger partial charge in [-0.1, -0.05) is 12.1 Å². The molecule has 0 N–H and O–H groups in total. The van der Waals surface area contributed by atoms with E-state index in [1.165, 1.54) is 12.1 Å². The Bertz CT molecular complexity index is 744. The molecule has 2 heterocycles. The number of hydrogen-bond acceptors (Lipinski definition) is 5. The molecule has 0 unspecified atom stereocenters. The number of benzene rings is 1. The number of halogens is 1. The van der Waals surface area contributed by atoms with Crippen molar-refractivity contribution in [2.24, 2.45) is 0 Å². The molecular weight excluding hydrogens is 343 g/mol. The average Bonchev–Trinajstić information content (AvgIpc) is 2.89. The molecule has 1 aromatic rings. The fraction of sp³-hybridized carbons (Fsp3) is 0.333. The Labute approximate surface area is 150 Å². The monoisotopic (exact) mass is 362 g/mol. The molecule has 2 fully saturated rings. The smallest absolute Gasteiger partial charge is 0.294 e. The van der Waals surface area contributed by atoms with Crippen molar-refractivity contribution in [2.75, 3.05) is 31.2 Å². The molecule has 0 bridgehead atoms. The van der Waals surface area contributed by atoms with Crippen molar-refractivity contribution in [3.05, 3.63) is 47.1 Å². The maximum Gasteiger partial charge on any atom is 0.294 e. The van der Waals surface area contributed by atoms with Gasteiger partial charge in [0.05, 0.1) is 29.8 Å². The van der Waals surface area contributed by atoms with E-state index in [0.717, 1.165) is 16.7 Å². The van der Waals surface area contributed by atoms with E-state index in [9.17, 15) is 14.0 Å². The molecular formula is C18H19FN2O3S. The zero-order valence-corrected chi connectivity index (χ0v) is 14.7. The van der Waals surface area contributed by atoms with Crippen LogP contribution in [0.4, 0.5) is 14.9 Å².